The van der Waals surface area contributed by atoms with Gasteiger partial charge in [0.2, 0.25) is 5.91 Å². The normalized spacial score (nSPS) is 18.5. The van der Waals surface area contributed by atoms with Crippen molar-refractivity contribution in [2.45, 2.75) is 19.8 Å². The number of pyridine rings is 1. The molecule has 1 unspecified atom stereocenters. The van der Waals surface area contributed by atoms with Gasteiger partial charge >= 0.3 is 0 Å². The number of benzene rings is 2. The molecule has 2 N–H and O–H groups in total. The van der Waals surface area contributed by atoms with Crippen molar-refractivity contribution < 1.29 is 9.53 Å². The van der Waals surface area contributed by atoms with Gasteiger partial charge in [-0.25, -0.2) is 15.0 Å². The summed E-state index contributed by atoms with van der Waals surface area (Å²) in [6.07, 6.45) is 4.99. The smallest absolute Gasteiger partial charge is 0.245 e. The number of ether oxygens (including phenoxy) is 1. The van der Waals surface area contributed by atoms with Crippen LogP contribution in [0.2, 0.25) is 0 Å². The maximum atomic E-state index is 12.1. The molecular formula is C30H29N9O2. The van der Waals surface area contributed by atoms with Crippen LogP contribution in [-0.2, 0) is 4.79 Å². The van der Waals surface area contributed by atoms with Crippen molar-refractivity contribution in [1.82, 2.24) is 35.3 Å². The quantitative estimate of drug-likeness (QED) is 0.290. The Labute approximate surface area is 236 Å². The Bertz CT molecular complexity index is 1800. The predicted octanol–water partition coefficient (Wildman–Crippen LogP) is 4.76. The lowest BCUT2D eigenvalue weighted by atomic mass is 9.86. The van der Waals surface area contributed by atoms with E-state index in [1.165, 1.54) is 6.08 Å². The number of carbonyl (C=O) groups excluding carboxylic acids is 1. The fraction of sp³-hybridized carbons (Fsp3) is 0.267. The van der Waals surface area contributed by atoms with Gasteiger partial charge in [-0.15, -0.1) is 0 Å². The number of aromatic nitrogens is 6. The number of hydrogen-bond donors (Lipinski definition) is 2. The number of aryl methyl sites for hydroxylation is 1. The molecule has 2 aliphatic heterocycles. The molecule has 1 amide bonds. The minimum atomic E-state index is 0.0138. The van der Waals surface area contributed by atoms with E-state index in [2.05, 4.69) is 42.2 Å². The number of nitrogens with zero attached hydrogens (tertiary/aromatic N) is 7. The Kier molecular flexibility index (Phi) is 5.99. The van der Waals surface area contributed by atoms with Crippen molar-refractivity contribution in [2.24, 2.45) is 5.41 Å². The number of nitrogens with one attached hydrogen (secondary N) is 2. The number of H-pyrrole nitrogens is 1. The molecule has 0 saturated carbocycles. The number of amides is 1. The molecule has 0 bridgehead atoms. The highest BCUT2D eigenvalue weighted by Crippen LogP contribution is 2.41. The molecule has 2 fully saturated rings. The van der Waals surface area contributed by atoms with Gasteiger partial charge in [-0.2, -0.15) is 15.4 Å². The van der Waals surface area contributed by atoms with Crippen molar-refractivity contribution in [3.05, 3.63) is 73.1 Å². The van der Waals surface area contributed by atoms with Crippen LogP contribution < -0.4 is 15.0 Å². The lowest BCUT2D eigenvalue weighted by Gasteiger charge is -2.25. The molecule has 1 spiro atoms. The summed E-state index contributed by atoms with van der Waals surface area (Å²) in [5.74, 6) is 2.98. The van der Waals surface area contributed by atoms with Gasteiger partial charge in [0, 0.05) is 43.3 Å². The first-order valence-corrected chi connectivity index (χ1v) is 13.6. The summed E-state index contributed by atoms with van der Waals surface area (Å²) in [5.41, 5.74) is 4.95. The Balaban J connectivity index is 1.10. The van der Waals surface area contributed by atoms with Crippen LogP contribution in [-0.4, -0.2) is 67.3 Å². The van der Waals surface area contributed by atoms with E-state index in [1.807, 2.05) is 60.4 Å². The van der Waals surface area contributed by atoms with Gasteiger partial charge in [0.15, 0.2) is 5.82 Å². The van der Waals surface area contributed by atoms with Crippen LogP contribution in [0.4, 0.5) is 17.3 Å². The van der Waals surface area contributed by atoms with Crippen molar-refractivity contribution in [3.63, 3.8) is 0 Å². The first-order valence-electron chi connectivity index (χ1n) is 13.6. The Hall–Kier alpha value is -5.06. The maximum Gasteiger partial charge on any atom is 0.245 e. The molecule has 41 heavy (non-hydrogen) atoms. The minimum absolute atomic E-state index is 0.0138. The van der Waals surface area contributed by atoms with Gasteiger partial charge in [0.25, 0.3) is 0 Å². The van der Waals surface area contributed by atoms with E-state index in [4.69, 9.17) is 9.72 Å². The monoisotopic (exact) mass is 547 g/mol. The van der Waals surface area contributed by atoms with Gasteiger partial charge in [-0.3, -0.25) is 4.79 Å². The number of rotatable bonds is 6. The fourth-order valence-corrected chi connectivity index (χ4v) is 5.90. The number of hydrogen-bond acceptors (Lipinski definition) is 9. The fourth-order valence-electron chi connectivity index (χ4n) is 5.90. The van der Waals surface area contributed by atoms with Gasteiger partial charge in [0.05, 0.1) is 5.52 Å². The molecule has 7 rings (SSSR count). The van der Waals surface area contributed by atoms with Gasteiger partial charge < -0.3 is 19.9 Å². The average Bonchev–Trinajstić information content (AvgIpc) is 3.74. The third-order valence-corrected chi connectivity index (χ3v) is 8.11. The van der Waals surface area contributed by atoms with Crippen LogP contribution in [0, 0.1) is 12.3 Å². The topological polar surface area (TPSA) is 125 Å². The van der Waals surface area contributed by atoms with Crippen LogP contribution in [0.5, 0.6) is 11.5 Å². The van der Waals surface area contributed by atoms with Crippen LogP contribution >= 0.6 is 0 Å². The van der Waals surface area contributed by atoms with Crippen molar-refractivity contribution in [1.29, 1.82) is 0 Å². The van der Waals surface area contributed by atoms with Crippen LogP contribution in [0.3, 0.4) is 0 Å². The molecule has 11 nitrogen and oxygen atoms in total. The zero-order valence-corrected chi connectivity index (χ0v) is 22.7. The number of fused-ring (bicyclic) bond motifs is 2. The molecule has 2 aromatic carbocycles. The van der Waals surface area contributed by atoms with E-state index in [0.29, 0.717) is 17.1 Å². The number of aromatic amines is 1. The first-order chi connectivity index (χ1) is 20.0. The summed E-state index contributed by atoms with van der Waals surface area (Å²) in [7, 11) is 0. The molecular weight excluding hydrogens is 518 g/mol. The van der Waals surface area contributed by atoms with Crippen molar-refractivity contribution in [3.8, 4) is 11.5 Å². The number of anilines is 3. The Morgan fingerprint density at radius 2 is 1.88 bits per heavy atom. The molecule has 1 atom stereocenters. The maximum absolute atomic E-state index is 12.1. The second kappa shape index (κ2) is 9.84. The molecule has 206 valence electrons. The summed E-state index contributed by atoms with van der Waals surface area (Å²) >= 11 is 0. The molecule has 0 aliphatic carbocycles. The third-order valence-electron chi connectivity index (χ3n) is 8.11. The highest BCUT2D eigenvalue weighted by atomic mass is 16.5. The zero-order valence-electron chi connectivity index (χ0n) is 22.7. The van der Waals surface area contributed by atoms with Crippen molar-refractivity contribution in [2.75, 3.05) is 36.4 Å². The second-order valence-corrected chi connectivity index (χ2v) is 10.8. The summed E-state index contributed by atoms with van der Waals surface area (Å²) in [6, 6.07) is 15.5. The minimum Gasteiger partial charge on any atom is -0.457 e. The summed E-state index contributed by atoms with van der Waals surface area (Å²) in [6.45, 7) is 8.96. The van der Waals surface area contributed by atoms with Crippen LogP contribution in [0.15, 0.2) is 67.5 Å². The molecule has 11 heteroatoms. The van der Waals surface area contributed by atoms with E-state index in [-0.39, 0.29) is 11.3 Å². The summed E-state index contributed by atoms with van der Waals surface area (Å²) in [5, 5.41) is 14.3. The standard InChI is InChI=1S/C30H29N9O2/c1-3-27(40)39-13-11-30(17-39)10-12-38(16-30)26-9-7-23-28(34-26)29(32-18-31-23)33-20-4-8-25(19(2)14-20)41-21-5-6-22-24(15-21)36-37-35-22/h3-9,14-15,18H,1,10-13,16-17H2,2H3,(H,31,32,33)(H,35,36,37). The predicted molar refractivity (Wildman–Crippen MR) is 156 cm³/mol. The SMILES string of the molecule is C=CC(=O)N1CCC2(CCN(c3ccc4ncnc(Nc5ccc(Oc6ccc7n[nH]nc7c6)c(C)c5)c4n3)C2)C1. The molecule has 3 aromatic heterocycles. The van der Waals surface area contributed by atoms with Crippen LogP contribution in [0.25, 0.3) is 22.1 Å². The highest BCUT2D eigenvalue weighted by molar-refractivity contribution is 5.88. The highest BCUT2D eigenvalue weighted by Gasteiger charge is 2.44. The third kappa shape index (κ3) is 4.69. The second-order valence-electron chi connectivity index (χ2n) is 10.8. The molecule has 0 radical (unpaired) electrons. The Morgan fingerprint density at radius 1 is 1.02 bits per heavy atom. The molecule has 5 heterocycles. The lowest BCUT2D eigenvalue weighted by molar-refractivity contribution is -0.125. The van der Waals surface area contributed by atoms with E-state index >= 15 is 0 Å². The molecule has 2 aliphatic rings. The molecule has 2 saturated heterocycles. The van der Waals surface area contributed by atoms with Crippen LogP contribution in [0.1, 0.15) is 18.4 Å². The molecule has 5 aromatic rings. The van der Waals surface area contributed by atoms with Gasteiger partial charge in [0.1, 0.15) is 40.2 Å². The number of carbonyl (C=O) groups is 1. The summed E-state index contributed by atoms with van der Waals surface area (Å²) < 4.78 is 6.12. The Morgan fingerprint density at radius 3 is 2.76 bits per heavy atom. The largest absolute Gasteiger partial charge is 0.457 e. The van der Waals surface area contributed by atoms with E-state index in [1.54, 1.807) is 6.33 Å². The lowest BCUT2D eigenvalue weighted by Crippen LogP contribution is -2.33. The van der Waals surface area contributed by atoms with E-state index in [9.17, 15) is 4.79 Å². The average molecular weight is 548 g/mol. The van der Waals surface area contributed by atoms with Crippen molar-refractivity contribution >= 4 is 45.3 Å². The van der Waals surface area contributed by atoms with Gasteiger partial charge in [-0.1, -0.05) is 6.58 Å². The van der Waals surface area contributed by atoms with Gasteiger partial charge in [-0.05, 0) is 73.9 Å². The zero-order chi connectivity index (χ0) is 28.0. The van der Waals surface area contributed by atoms with E-state index < -0.39 is 0 Å². The number of likely N-dealkylation sites (tertiary alicyclic amines) is 1. The summed E-state index contributed by atoms with van der Waals surface area (Å²) in [4.78, 5) is 30.3. The van der Waals surface area contributed by atoms with E-state index in [0.717, 1.165) is 78.4 Å². The first kappa shape index (κ1) is 24.9.